The topological polar surface area (TPSA) is 655 Å². The van der Waals surface area contributed by atoms with Gasteiger partial charge in [-0.05, 0) is 333 Å². The van der Waals surface area contributed by atoms with Crippen molar-refractivity contribution in [3.05, 3.63) is 371 Å². The van der Waals surface area contributed by atoms with Gasteiger partial charge >= 0.3 is 0 Å². The molecule has 46 N–H and O–H groups in total. The van der Waals surface area contributed by atoms with Crippen molar-refractivity contribution in [2.75, 3.05) is 147 Å². The van der Waals surface area contributed by atoms with Crippen LogP contribution in [0.15, 0.2) is 309 Å². The first-order valence-corrected chi connectivity index (χ1v) is 42.9. The Hall–Kier alpha value is -16.8. The fourth-order valence-electron chi connectivity index (χ4n) is 12.0. The Labute approximate surface area is 781 Å². The molecule has 29 heteroatoms. The summed E-state index contributed by atoms with van der Waals surface area (Å²) in [6.45, 7) is 5.41. The van der Waals surface area contributed by atoms with Gasteiger partial charge in [0.2, 0.25) is 11.8 Å². The van der Waals surface area contributed by atoms with Crippen molar-refractivity contribution < 1.29 is 19.1 Å². The Kier molecular flexibility index (Phi) is 47.0. The van der Waals surface area contributed by atoms with Gasteiger partial charge < -0.3 is 146 Å². The molecular weight excluding hydrogens is 1660 g/mol. The van der Waals surface area contributed by atoms with Crippen LogP contribution in [0, 0.1) is 0 Å². The minimum atomic E-state index is -0.560. The molecule has 0 bridgehead atoms. The zero-order valence-electron chi connectivity index (χ0n) is 76.4. The first kappa shape index (κ1) is 107. The van der Waals surface area contributed by atoms with Crippen LogP contribution in [0.1, 0.15) is 86.3 Å². The molecule has 0 saturated heterocycles. The minimum absolute atomic E-state index is 0.0816. The van der Waals surface area contributed by atoms with Crippen LogP contribution in [-0.4, -0.2) is 45.0 Å². The second kappa shape index (κ2) is 58.5. The average molecular weight is 1800 g/mol. The number of carbonyl (C=O) groups excluding carboxylic acids is 3. The number of hydrogen-bond acceptors (Lipinski definition) is 26. The summed E-state index contributed by atoms with van der Waals surface area (Å²) in [5, 5.41) is 11.2. The molecule has 14 rings (SSSR count). The molecule has 0 fully saturated rings. The van der Waals surface area contributed by atoms with E-state index in [0.717, 1.165) is 161 Å². The fraction of sp³-hybridized carbons (Fsp3) is 0.163. The number of carbonyl (C=O) groups is 3. The average Bonchev–Trinajstić information content (AvgIpc) is 0.888. The molecule has 0 unspecified atom stereocenters. The Morgan fingerprint density at radius 2 is 0.534 bits per heavy atom. The summed E-state index contributed by atoms with van der Waals surface area (Å²) in [4.78, 5) is 32.0. The van der Waals surface area contributed by atoms with E-state index in [2.05, 4.69) is 94.1 Å². The van der Waals surface area contributed by atoms with E-state index in [1.807, 2.05) is 172 Å². The van der Waals surface area contributed by atoms with E-state index in [0.29, 0.717) is 59.5 Å². The number of amides is 3. The number of anilines is 21. The molecule has 0 aliphatic rings. The van der Waals surface area contributed by atoms with E-state index in [-0.39, 0.29) is 17.4 Å². The number of nitrogens with one attached hydrogen (secondary N) is 4. The highest BCUT2D eigenvalue weighted by Crippen LogP contribution is 2.25. The summed E-state index contributed by atoms with van der Waals surface area (Å²) in [5.74, 6) is 0.0403. The van der Waals surface area contributed by atoms with Crippen LogP contribution in [0.4, 0.5) is 119 Å². The molecular formula is C104H135N25O4. The van der Waals surface area contributed by atoms with E-state index in [1.54, 1.807) is 72.8 Å². The second-order valence-corrected chi connectivity index (χ2v) is 30.7. The molecule has 133 heavy (non-hydrogen) atoms. The predicted molar refractivity (Wildman–Crippen MR) is 565 cm³/mol. The number of primary amides is 1. The van der Waals surface area contributed by atoms with Gasteiger partial charge in [0.15, 0.2) is 0 Å². The largest absolute Gasteiger partial charge is 0.493 e. The summed E-state index contributed by atoms with van der Waals surface area (Å²) in [6, 6.07) is 97.0. The Morgan fingerprint density at radius 3 is 0.827 bits per heavy atom. The van der Waals surface area contributed by atoms with Gasteiger partial charge in [-0.15, -0.1) is 0 Å². The number of benzene rings is 14. The van der Waals surface area contributed by atoms with Crippen LogP contribution < -0.4 is 146 Å². The van der Waals surface area contributed by atoms with Gasteiger partial charge in [0.05, 0.1) is 34.9 Å². The van der Waals surface area contributed by atoms with Crippen molar-refractivity contribution >= 4 is 137 Å². The summed E-state index contributed by atoms with van der Waals surface area (Å²) >= 11 is 0. The summed E-state index contributed by atoms with van der Waals surface area (Å²) in [7, 11) is 3.69. The number of hydrogen-bond donors (Lipinski definition) is 25. The first-order valence-electron chi connectivity index (χ1n) is 42.9. The van der Waals surface area contributed by atoms with Crippen LogP contribution in [0.5, 0.6) is 5.75 Å². The van der Waals surface area contributed by atoms with Crippen LogP contribution in [0.2, 0.25) is 0 Å². The van der Waals surface area contributed by atoms with Crippen LogP contribution in [0.25, 0.3) is 0 Å². The van der Waals surface area contributed by atoms with Gasteiger partial charge in [-0.1, -0.05) is 97.1 Å². The molecule has 700 valence electrons. The predicted octanol–water partition coefficient (Wildman–Crippen LogP) is 14.3. The molecule has 0 radical (unpaired) electrons. The van der Waals surface area contributed by atoms with E-state index >= 15 is 0 Å². The molecule has 14 aromatic rings. The van der Waals surface area contributed by atoms with E-state index in [9.17, 15) is 14.4 Å². The molecule has 14 aromatic carbocycles. The third kappa shape index (κ3) is 45.0. The van der Waals surface area contributed by atoms with Gasteiger partial charge in [0.25, 0.3) is 5.91 Å². The molecule has 3 amide bonds. The maximum atomic E-state index is 10.7. The highest BCUT2D eigenvalue weighted by molar-refractivity contribution is 5.99. The van der Waals surface area contributed by atoms with Crippen molar-refractivity contribution in [2.45, 2.75) is 84.7 Å². The Bertz CT molecular complexity index is 5370. The van der Waals surface area contributed by atoms with Gasteiger partial charge in [-0.3, -0.25) is 14.4 Å². The van der Waals surface area contributed by atoms with Gasteiger partial charge in [-0.2, -0.15) is 0 Å². The number of ether oxygens (including phenoxy) is 1. The van der Waals surface area contributed by atoms with Crippen molar-refractivity contribution in [1.29, 1.82) is 0 Å². The number of nitrogen functional groups attached to an aromatic ring is 19. The van der Waals surface area contributed by atoms with Crippen LogP contribution >= 0.6 is 0 Å². The van der Waals surface area contributed by atoms with E-state index in [4.69, 9.17) is 125 Å². The molecule has 0 atom stereocenters. The van der Waals surface area contributed by atoms with Crippen molar-refractivity contribution in [3.63, 3.8) is 0 Å². The minimum Gasteiger partial charge on any atom is -0.493 e. The molecule has 0 spiro atoms. The lowest BCUT2D eigenvalue weighted by molar-refractivity contribution is -0.119. The molecule has 29 nitrogen and oxygen atoms in total. The van der Waals surface area contributed by atoms with E-state index in [1.165, 1.54) is 64.4 Å². The SMILES string of the molecule is CC(=O)NCc1cc(N)ccc1N.CC(=O)Nc1cc(N)ccc1N.CNCc1cc(N)ccc1N.CNc1cc(N)ccc1N.NC(=O)c1cc(N)ccc1N.NCCc1ccc(N)cc1.Nc1ccc(CCCc2ccc(N)cc2)cc1.Nc1ccc(CCOc2ccc(N)cc2)cc1.Nc1ccc(CCc2ccc(N)cc2)cc1.Nc1ccc(CCc2ccc(N)cc2)cc1. The lowest BCUT2D eigenvalue weighted by Crippen LogP contribution is -2.19. The zero-order valence-corrected chi connectivity index (χ0v) is 76.4. The standard InChI is InChI=1S/C15H18N2.C14H16N2O.2C14H16N2.C9H13N3O.C8H11N3O.C8H13N3.C8H12N2.C7H9N3O.C7H11N3/c16-14-8-4-12(5-9-14)2-1-3-13-6-10-15(17)11-7-13;15-12-3-1-11(2-4-12)9-10-17-14-7-5-13(16)6-8-14;2*15-13-7-3-11(4-8-13)1-2-12-5-9-14(16)10-6-12;1-6(13)12-5-7-4-8(10)2-3-9(7)11;1-5(12)11-8-4-6(9)2-3-7(8)10;1-11-5-6-4-7(9)2-3-8(6)10;9-6-5-7-1-3-8(10)4-2-7;8-4-1-2-6(9)5(3-4)7(10)11;1-10-7-4-5(8)2-3-6(7)9/h4-11H,1-3,16-17H2;1-8H,9-10,15-16H2;2*3-10H,1-2,15-16H2;2-4H,5,10-11H2,1H3,(H,12,13);2-4H,9-10H2,1H3,(H,11,12);2-4,11H,5,9-10H2,1H3;1-4H,5-6,9-10H2;1-3H,8-9H2,(H2,10,11);2-4,10H,8-9H2,1H3. The highest BCUT2D eigenvalue weighted by Gasteiger charge is 2.08. The van der Waals surface area contributed by atoms with Gasteiger partial charge in [0.1, 0.15) is 5.75 Å². The maximum absolute atomic E-state index is 10.7. The molecule has 0 aliphatic carbocycles. The second-order valence-electron chi connectivity index (χ2n) is 30.7. The third-order valence-electron chi connectivity index (χ3n) is 19.5. The van der Waals surface area contributed by atoms with Crippen LogP contribution in [-0.2, 0) is 74.0 Å². The first-order chi connectivity index (χ1) is 63.5. The molecule has 0 saturated carbocycles. The maximum Gasteiger partial charge on any atom is 0.250 e. The van der Waals surface area contributed by atoms with Gasteiger partial charge in [0, 0.05) is 137 Å². The zero-order chi connectivity index (χ0) is 97.6. The Balaban J connectivity index is 0.000000263. The van der Waals surface area contributed by atoms with Crippen molar-refractivity contribution in [2.24, 2.45) is 11.5 Å². The smallest absolute Gasteiger partial charge is 0.250 e. The summed E-state index contributed by atoms with van der Waals surface area (Å²) < 4.78 is 5.61. The number of nitrogens with two attached hydrogens (primary N) is 21. The summed E-state index contributed by atoms with van der Waals surface area (Å²) in [6.07, 6.45) is 9.25. The normalized spacial score (nSPS) is 9.90. The third-order valence-corrected chi connectivity index (χ3v) is 19.5. The lowest BCUT2D eigenvalue weighted by atomic mass is 10.0. The molecule has 0 heterocycles. The Morgan fingerprint density at radius 1 is 0.271 bits per heavy atom. The fourth-order valence-corrected chi connectivity index (χ4v) is 12.0. The van der Waals surface area contributed by atoms with Crippen molar-refractivity contribution in [3.8, 4) is 5.75 Å². The molecule has 0 aliphatic heterocycles. The van der Waals surface area contributed by atoms with Gasteiger partial charge in [-0.25, -0.2) is 0 Å². The number of aryl methyl sites for hydroxylation is 6. The number of rotatable bonds is 23. The highest BCUT2D eigenvalue weighted by atomic mass is 16.5. The monoisotopic (exact) mass is 1800 g/mol. The molecule has 0 aromatic heterocycles. The quantitative estimate of drug-likeness (QED) is 0.0264. The van der Waals surface area contributed by atoms with E-state index < -0.39 is 5.91 Å². The van der Waals surface area contributed by atoms with Crippen LogP contribution in [0.3, 0.4) is 0 Å². The van der Waals surface area contributed by atoms with Crippen molar-refractivity contribution in [1.82, 2.24) is 10.6 Å². The lowest BCUT2D eigenvalue weighted by Gasteiger charge is -2.06. The summed E-state index contributed by atoms with van der Waals surface area (Å²) in [5.41, 5.74) is 144.